The van der Waals surface area contributed by atoms with E-state index in [-0.39, 0.29) is 17.4 Å². The van der Waals surface area contributed by atoms with Crippen molar-refractivity contribution in [3.05, 3.63) is 52.1 Å². The smallest absolute Gasteiger partial charge is 0.227 e. The molecule has 2 aromatic rings. The molecule has 2 heterocycles. The van der Waals surface area contributed by atoms with E-state index in [0.29, 0.717) is 12.3 Å². The molecule has 3 rings (SSSR count). The predicted molar refractivity (Wildman–Crippen MR) is 96.7 cm³/mol. The number of nitrogens with zero attached hydrogens (tertiary/aromatic N) is 2. The highest BCUT2D eigenvalue weighted by Crippen LogP contribution is 2.23. The van der Waals surface area contributed by atoms with Gasteiger partial charge in [0.2, 0.25) is 11.2 Å². The average Bonchev–Trinajstić information content (AvgIpc) is 2.66. The lowest BCUT2D eigenvalue weighted by molar-refractivity contribution is 0.219. The normalized spacial score (nSPS) is 15.4. The highest BCUT2D eigenvalue weighted by Gasteiger charge is 2.21. The van der Waals surface area contributed by atoms with Gasteiger partial charge >= 0.3 is 0 Å². The molecule has 7 heteroatoms. The van der Waals surface area contributed by atoms with Gasteiger partial charge in [0.1, 0.15) is 11.5 Å². The molecule has 0 saturated carbocycles. The summed E-state index contributed by atoms with van der Waals surface area (Å²) in [6, 6.07) is 9.21. The molecule has 0 amide bonds. The third kappa shape index (κ3) is 4.08. The fraction of sp³-hybridized carbons (Fsp3) is 0.389. The zero-order valence-electron chi connectivity index (χ0n) is 14.1. The Labute approximate surface area is 151 Å². The lowest BCUT2D eigenvalue weighted by Crippen LogP contribution is -2.46. The summed E-state index contributed by atoms with van der Waals surface area (Å²) in [7, 11) is 1.66. The minimum Gasteiger partial charge on any atom is -0.502 e. The van der Waals surface area contributed by atoms with Crippen molar-refractivity contribution in [1.82, 2.24) is 4.90 Å². The van der Waals surface area contributed by atoms with Crippen molar-refractivity contribution in [2.45, 2.75) is 12.4 Å². The summed E-state index contributed by atoms with van der Waals surface area (Å²) >= 11 is 5.73. The van der Waals surface area contributed by atoms with Gasteiger partial charge in [0.15, 0.2) is 5.76 Å². The number of aromatic hydroxyl groups is 1. The van der Waals surface area contributed by atoms with E-state index >= 15 is 0 Å². The van der Waals surface area contributed by atoms with Crippen LogP contribution in [0.1, 0.15) is 11.5 Å². The summed E-state index contributed by atoms with van der Waals surface area (Å²) < 4.78 is 10.8. The molecular weight excluding hydrogens is 344 g/mol. The monoisotopic (exact) mass is 364 g/mol. The molecule has 1 fully saturated rings. The third-order valence-electron chi connectivity index (χ3n) is 4.33. The van der Waals surface area contributed by atoms with E-state index in [2.05, 4.69) is 15.9 Å². The van der Waals surface area contributed by atoms with Crippen LogP contribution in [0.5, 0.6) is 11.5 Å². The zero-order chi connectivity index (χ0) is 17.8. The minimum atomic E-state index is -0.452. The van der Waals surface area contributed by atoms with Crippen LogP contribution in [0.3, 0.4) is 0 Å². The Morgan fingerprint density at radius 1 is 1.24 bits per heavy atom. The molecule has 1 aromatic heterocycles. The van der Waals surface area contributed by atoms with Gasteiger partial charge in [-0.2, -0.15) is 0 Å². The third-order valence-corrected chi connectivity index (χ3v) is 4.60. The molecule has 1 aliphatic rings. The first kappa shape index (κ1) is 17.6. The fourth-order valence-corrected chi connectivity index (χ4v) is 3.07. The first-order chi connectivity index (χ1) is 12.1. The van der Waals surface area contributed by atoms with Crippen LogP contribution in [0.25, 0.3) is 0 Å². The Hall–Kier alpha value is -2.18. The van der Waals surface area contributed by atoms with Crippen LogP contribution in [0.2, 0.25) is 0 Å². The maximum atomic E-state index is 11.8. The molecule has 134 valence electrons. The number of rotatable bonds is 5. The first-order valence-corrected chi connectivity index (χ1v) is 8.66. The number of halogens is 1. The van der Waals surface area contributed by atoms with Crippen molar-refractivity contribution in [3.8, 4) is 11.5 Å². The minimum absolute atomic E-state index is 0.103. The summed E-state index contributed by atoms with van der Waals surface area (Å²) in [4.78, 5) is 16.2. The SMILES string of the molecule is COc1cccc(N2CCN(Cc3oc(CCl)cc(=O)c3O)CC2)c1. The van der Waals surface area contributed by atoms with Crippen LogP contribution in [0.15, 0.2) is 39.5 Å². The van der Waals surface area contributed by atoms with Gasteiger partial charge in [-0.05, 0) is 12.1 Å². The highest BCUT2D eigenvalue weighted by atomic mass is 35.5. The number of anilines is 1. The van der Waals surface area contributed by atoms with E-state index in [1.807, 2.05) is 18.2 Å². The second-order valence-corrected chi connectivity index (χ2v) is 6.21. The molecule has 1 aliphatic heterocycles. The molecule has 0 atom stereocenters. The van der Waals surface area contributed by atoms with Crippen LogP contribution in [0.4, 0.5) is 5.69 Å². The van der Waals surface area contributed by atoms with Gasteiger partial charge < -0.3 is 19.2 Å². The van der Waals surface area contributed by atoms with Gasteiger partial charge in [-0.3, -0.25) is 9.69 Å². The van der Waals surface area contributed by atoms with Crippen LogP contribution >= 0.6 is 11.6 Å². The average molecular weight is 365 g/mol. The summed E-state index contributed by atoms with van der Waals surface area (Å²) in [5, 5.41) is 9.94. The Balaban J connectivity index is 1.65. The maximum absolute atomic E-state index is 11.8. The van der Waals surface area contributed by atoms with Crippen LogP contribution < -0.4 is 15.1 Å². The molecule has 25 heavy (non-hydrogen) atoms. The molecule has 1 saturated heterocycles. The number of benzene rings is 1. The van der Waals surface area contributed by atoms with E-state index < -0.39 is 5.43 Å². The van der Waals surface area contributed by atoms with E-state index in [4.69, 9.17) is 20.8 Å². The Morgan fingerprint density at radius 2 is 2.00 bits per heavy atom. The van der Waals surface area contributed by atoms with Crippen LogP contribution in [-0.4, -0.2) is 43.3 Å². The summed E-state index contributed by atoms with van der Waals surface area (Å²) in [5.74, 6) is 1.26. The standard InChI is InChI=1S/C18H21ClN2O4/c1-24-14-4-2-3-13(9-14)21-7-5-20(6-8-21)12-17-18(23)16(22)10-15(11-19)25-17/h2-4,9-10,23H,5-8,11-12H2,1H3. The predicted octanol–water partition coefficient (Wildman–Crippen LogP) is 2.42. The van der Waals surface area contributed by atoms with Gasteiger partial charge in [0.05, 0.1) is 19.5 Å². The Kier molecular flexibility index (Phi) is 5.50. The second-order valence-electron chi connectivity index (χ2n) is 5.95. The van der Waals surface area contributed by atoms with Crippen molar-refractivity contribution >= 4 is 17.3 Å². The van der Waals surface area contributed by atoms with Crippen molar-refractivity contribution in [3.63, 3.8) is 0 Å². The number of ether oxygens (including phenoxy) is 1. The van der Waals surface area contributed by atoms with Crippen molar-refractivity contribution in [2.75, 3.05) is 38.2 Å². The van der Waals surface area contributed by atoms with Crippen molar-refractivity contribution in [2.24, 2.45) is 0 Å². The van der Waals surface area contributed by atoms with E-state index in [1.165, 1.54) is 6.07 Å². The van der Waals surface area contributed by atoms with Crippen molar-refractivity contribution < 1.29 is 14.3 Å². The molecule has 1 aromatic carbocycles. The molecular formula is C18H21ClN2O4. The molecule has 1 N–H and O–H groups in total. The fourth-order valence-electron chi connectivity index (χ4n) is 2.94. The molecule has 0 unspecified atom stereocenters. The summed E-state index contributed by atoms with van der Waals surface area (Å²) in [6.07, 6.45) is 0. The van der Waals surface area contributed by atoms with Crippen LogP contribution in [0, 0.1) is 0 Å². The van der Waals surface area contributed by atoms with E-state index in [1.54, 1.807) is 7.11 Å². The van der Waals surface area contributed by atoms with E-state index in [0.717, 1.165) is 37.6 Å². The van der Waals surface area contributed by atoms with Gasteiger partial charge in [-0.1, -0.05) is 6.07 Å². The highest BCUT2D eigenvalue weighted by molar-refractivity contribution is 6.16. The topological polar surface area (TPSA) is 66.2 Å². The number of hydrogen-bond acceptors (Lipinski definition) is 6. The zero-order valence-corrected chi connectivity index (χ0v) is 14.8. The Morgan fingerprint density at radius 3 is 2.68 bits per heavy atom. The second kappa shape index (κ2) is 7.80. The van der Waals surface area contributed by atoms with Gasteiger partial charge in [0, 0.05) is 44.0 Å². The maximum Gasteiger partial charge on any atom is 0.227 e. The molecule has 0 bridgehead atoms. The number of alkyl halides is 1. The van der Waals surface area contributed by atoms with Crippen molar-refractivity contribution in [1.29, 1.82) is 0 Å². The lowest BCUT2D eigenvalue weighted by atomic mass is 10.2. The molecule has 0 spiro atoms. The summed E-state index contributed by atoms with van der Waals surface area (Å²) in [6.45, 7) is 3.66. The lowest BCUT2D eigenvalue weighted by Gasteiger charge is -2.36. The summed E-state index contributed by atoms with van der Waals surface area (Å²) in [5.41, 5.74) is 0.671. The molecule has 0 radical (unpaired) electrons. The Bertz CT molecular complexity index is 785. The number of piperazine rings is 1. The number of hydrogen-bond donors (Lipinski definition) is 1. The number of methoxy groups -OCH3 is 1. The largest absolute Gasteiger partial charge is 0.502 e. The van der Waals surface area contributed by atoms with Gasteiger partial charge in [0.25, 0.3) is 0 Å². The van der Waals surface area contributed by atoms with E-state index in [9.17, 15) is 9.90 Å². The molecule has 6 nitrogen and oxygen atoms in total. The molecule has 0 aliphatic carbocycles. The van der Waals surface area contributed by atoms with Gasteiger partial charge in [-0.25, -0.2) is 0 Å². The first-order valence-electron chi connectivity index (χ1n) is 8.13. The van der Waals surface area contributed by atoms with Gasteiger partial charge in [-0.15, -0.1) is 11.6 Å². The van der Waals surface area contributed by atoms with Crippen LogP contribution in [-0.2, 0) is 12.4 Å². The quantitative estimate of drug-likeness (QED) is 0.822.